The summed E-state index contributed by atoms with van der Waals surface area (Å²) in [7, 11) is 0. The highest BCUT2D eigenvalue weighted by atomic mass is 16.3. The highest BCUT2D eigenvalue weighted by molar-refractivity contribution is 5.96. The van der Waals surface area contributed by atoms with Gasteiger partial charge in [0.25, 0.3) is 5.56 Å². The van der Waals surface area contributed by atoms with E-state index in [-0.39, 0.29) is 5.56 Å². The molecule has 1 N–H and O–H groups in total. The van der Waals surface area contributed by atoms with Crippen molar-refractivity contribution in [1.29, 1.82) is 0 Å². The number of fused-ring (bicyclic) bond motifs is 1. The van der Waals surface area contributed by atoms with Gasteiger partial charge in [-0.05, 0) is 30.8 Å². The zero-order valence-electron chi connectivity index (χ0n) is 13.0. The zero-order valence-corrected chi connectivity index (χ0v) is 13.0. The normalized spacial score (nSPS) is 18.1. The highest BCUT2D eigenvalue weighted by Crippen LogP contribution is 2.40. The van der Waals surface area contributed by atoms with Gasteiger partial charge in [-0.1, -0.05) is 43.3 Å². The molecule has 1 atom stereocenters. The lowest BCUT2D eigenvalue weighted by atomic mass is 9.86. The van der Waals surface area contributed by atoms with Crippen LogP contribution in [0.5, 0.6) is 0 Å². The van der Waals surface area contributed by atoms with Crippen molar-refractivity contribution < 1.29 is 4.42 Å². The van der Waals surface area contributed by atoms with Crippen molar-refractivity contribution in [3.8, 4) is 11.3 Å². The van der Waals surface area contributed by atoms with Gasteiger partial charge < -0.3 is 9.40 Å². The molecule has 2 aromatic heterocycles. The molecule has 4 heteroatoms. The summed E-state index contributed by atoms with van der Waals surface area (Å²) >= 11 is 0. The van der Waals surface area contributed by atoms with E-state index in [1.54, 1.807) is 0 Å². The van der Waals surface area contributed by atoms with Crippen LogP contribution in [0.2, 0.25) is 0 Å². The van der Waals surface area contributed by atoms with Crippen LogP contribution >= 0.6 is 0 Å². The molecule has 1 aliphatic carbocycles. The number of hydrogen-bond acceptors (Lipinski definition) is 3. The number of allylic oxidation sites excluding steroid dienone is 2. The van der Waals surface area contributed by atoms with Crippen LogP contribution in [0, 0.1) is 5.92 Å². The lowest BCUT2D eigenvalue weighted by Crippen LogP contribution is -2.08. The Balaban J connectivity index is 2.02. The highest BCUT2D eigenvalue weighted by Gasteiger charge is 2.24. The second-order valence-electron chi connectivity index (χ2n) is 6.19. The van der Waals surface area contributed by atoms with Crippen molar-refractivity contribution in [2.45, 2.75) is 26.2 Å². The van der Waals surface area contributed by atoms with Crippen molar-refractivity contribution in [3.05, 3.63) is 58.7 Å². The summed E-state index contributed by atoms with van der Waals surface area (Å²) in [5, 5.41) is 0.562. The lowest BCUT2D eigenvalue weighted by molar-refractivity contribution is 0.533. The van der Waals surface area contributed by atoms with Crippen LogP contribution in [0.4, 0.5) is 0 Å². The maximum atomic E-state index is 12.4. The molecular formula is C19H18N2O2. The lowest BCUT2D eigenvalue weighted by Gasteiger charge is -2.18. The van der Waals surface area contributed by atoms with Crippen LogP contribution in [0.15, 0.2) is 51.9 Å². The molecule has 23 heavy (non-hydrogen) atoms. The number of nitrogens with one attached hydrogen (secondary N) is 1. The van der Waals surface area contributed by atoms with E-state index in [4.69, 9.17) is 4.42 Å². The summed E-state index contributed by atoms with van der Waals surface area (Å²) in [6.45, 7) is 2.26. The predicted molar refractivity (Wildman–Crippen MR) is 91.1 cm³/mol. The van der Waals surface area contributed by atoms with E-state index in [9.17, 15) is 4.79 Å². The minimum absolute atomic E-state index is 0.143. The largest absolute Gasteiger partial charge is 0.437 e. The molecule has 0 fully saturated rings. The second kappa shape index (κ2) is 5.54. The summed E-state index contributed by atoms with van der Waals surface area (Å²) in [4.78, 5) is 19.3. The van der Waals surface area contributed by atoms with E-state index in [0.29, 0.717) is 17.0 Å². The molecule has 0 saturated heterocycles. The van der Waals surface area contributed by atoms with Crippen molar-refractivity contribution >= 4 is 16.7 Å². The molecule has 4 rings (SSSR count). The fraction of sp³-hybridized carbons (Fsp3) is 0.263. The Labute approximate surface area is 133 Å². The molecular weight excluding hydrogens is 288 g/mol. The number of rotatable bonds is 2. The first-order valence-corrected chi connectivity index (χ1v) is 7.99. The Morgan fingerprint density at radius 3 is 2.83 bits per heavy atom. The third kappa shape index (κ3) is 2.40. The number of aromatic amines is 1. The molecule has 1 aromatic carbocycles. The zero-order chi connectivity index (χ0) is 15.8. The van der Waals surface area contributed by atoms with E-state index in [2.05, 4.69) is 23.0 Å². The van der Waals surface area contributed by atoms with Crippen molar-refractivity contribution in [1.82, 2.24) is 9.97 Å². The monoisotopic (exact) mass is 306 g/mol. The van der Waals surface area contributed by atoms with E-state index in [1.807, 2.05) is 30.3 Å². The van der Waals surface area contributed by atoms with Crippen molar-refractivity contribution in [2.24, 2.45) is 5.92 Å². The maximum absolute atomic E-state index is 12.4. The molecule has 2 heterocycles. The molecule has 0 radical (unpaired) electrons. The fourth-order valence-corrected chi connectivity index (χ4v) is 3.23. The first kappa shape index (κ1) is 14.0. The number of H-pyrrole nitrogens is 1. The molecule has 0 aliphatic heterocycles. The minimum Gasteiger partial charge on any atom is -0.437 e. The molecule has 3 aromatic rings. The number of benzene rings is 1. The number of nitrogens with zero attached hydrogens (tertiary/aromatic N) is 1. The van der Waals surface area contributed by atoms with Gasteiger partial charge in [0.05, 0.1) is 6.33 Å². The molecule has 0 saturated carbocycles. The quantitative estimate of drug-likeness (QED) is 0.764. The van der Waals surface area contributed by atoms with Gasteiger partial charge in [-0.15, -0.1) is 0 Å². The number of hydrogen-bond donors (Lipinski definition) is 1. The minimum atomic E-state index is -0.143. The Bertz CT molecular complexity index is 935. The van der Waals surface area contributed by atoms with Crippen LogP contribution in [0.25, 0.3) is 28.0 Å². The fourth-order valence-electron chi connectivity index (χ4n) is 3.23. The Morgan fingerprint density at radius 2 is 2.09 bits per heavy atom. The third-order valence-corrected chi connectivity index (χ3v) is 4.52. The van der Waals surface area contributed by atoms with Gasteiger partial charge >= 0.3 is 0 Å². The Kier molecular flexibility index (Phi) is 3.37. The number of furan rings is 1. The molecule has 1 aliphatic rings. The topological polar surface area (TPSA) is 58.9 Å². The van der Waals surface area contributed by atoms with E-state index in [1.165, 1.54) is 11.9 Å². The van der Waals surface area contributed by atoms with Crippen LogP contribution in [0.1, 0.15) is 31.7 Å². The molecule has 1 unspecified atom stereocenters. The molecule has 0 spiro atoms. The predicted octanol–water partition coefficient (Wildman–Crippen LogP) is 4.39. The van der Waals surface area contributed by atoms with E-state index < -0.39 is 0 Å². The number of aromatic nitrogens is 2. The second-order valence-corrected chi connectivity index (χ2v) is 6.19. The van der Waals surface area contributed by atoms with Gasteiger partial charge in [-0.3, -0.25) is 4.79 Å². The van der Waals surface area contributed by atoms with E-state index in [0.717, 1.165) is 36.1 Å². The first-order chi connectivity index (χ1) is 11.2. The van der Waals surface area contributed by atoms with Gasteiger partial charge in [0.1, 0.15) is 11.1 Å². The van der Waals surface area contributed by atoms with Gasteiger partial charge in [-0.2, -0.15) is 0 Å². The molecule has 0 amide bonds. The standard InChI is InChI=1S/C19H18N2O2/c1-12-7-9-13(10-8-12)15-16-18(22)20-11-21-19(16)23-17(15)14-5-3-2-4-6-14/h2-6,9,11-12H,7-8,10H2,1H3,(H,20,21,22). The third-order valence-electron chi connectivity index (χ3n) is 4.52. The van der Waals surface area contributed by atoms with Gasteiger partial charge in [0, 0.05) is 11.1 Å². The van der Waals surface area contributed by atoms with Crippen LogP contribution in [0.3, 0.4) is 0 Å². The average Bonchev–Trinajstić information content (AvgIpc) is 2.97. The summed E-state index contributed by atoms with van der Waals surface area (Å²) in [6.07, 6.45) is 6.77. The summed E-state index contributed by atoms with van der Waals surface area (Å²) < 4.78 is 5.97. The van der Waals surface area contributed by atoms with Gasteiger partial charge in [-0.25, -0.2) is 4.98 Å². The van der Waals surface area contributed by atoms with Gasteiger partial charge in [0.2, 0.25) is 5.71 Å². The van der Waals surface area contributed by atoms with E-state index >= 15 is 0 Å². The Morgan fingerprint density at radius 1 is 1.26 bits per heavy atom. The van der Waals surface area contributed by atoms with Crippen LogP contribution in [-0.4, -0.2) is 9.97 Å². The molecule has 116 valence electrons. The average molecular weight is 306 g/mol. The van der Waals surface area contributed by atoms with Crippen LogP contribution in [-0.2, 0) is 0 Å². The van der Waals surface area contributed by atoms with Crippen molar-refractivity contribution in [3.63, 3.8) is 0 Å². The van der Waals surface area contributed by atoms with Crippen LogP contribution < -0.4 is 5.56 Å². The van der Waals surface area contributed by atoms with Crippen molar-refractivity contribution in [2.75, 3.05) is 0 Å². The Hall–Kier alpha value is -2.62. The molecule has 0 bridgehead atoms. The first-order valence-electron chi connectivity index (χ1n) is 7.99. The SMILES string of the molecule is CC1CC=C(c2c(-c3ccccc3)oc3nc[nH]c(=O)c23)CC1. The summed E-state index contributed by atoms with van der Waals surface area (Å²) in [5.74, 6) is 1.43. The van der Waals surface area contributed by atoms with Gasteiger partial charge in [0.15, 0.2) is 0 Å². The smallest absolute Gasteiger partial charge is 0.262 e. The summed E-state index contributed by atoms with van der Waals surface area (Å²) in [6, 6.07) is 9.92. The maximum Gasteiger partial charge on any atom is 0.262 e. The summed E-state index contributed by atoms with van der Waals surface area (Å²) in [5.41, 5.74) is 3.34. The molecule has 4 nitrogen and oxygen atoms in total.